The summed E-state index contributed by atoms with van der Waals surface area (Å²) in [4.78, 5) is 18.0. The molecule has 2 heterocycles. The number of H-pyrrole nitrogens is 2. The molecule has 1 fully saturated rings. The second-order valence-electron chi connectivity index (χ2n) is 4.73. The van der Waals surface area contributed by atoms with Gasteiger partial charge in [-0.1, -0.05) is 0 Å². The lowest BCUT2D eigenvalue weighted by Crippen LogP contribution is -2.33. The summed E-state index contributed by atoms with van der Waals surface area (Å²) < 4.78 is 14.0. The number of aromatic amines is 2. The lowest BCUT2D eigenvalue weighted by Gasteiger charge is -2.21. The monoisotopic (exact) mass is 343 g/mol. The number of imidazole rings is 1. The minimum absolute atomic E-state index is 0.277. The third kappa shape index (κ3) is 3.44. The van der Waals surface area contributed by atoms with Crippen LogP contribution >= 0.6 is 35.7 Å². The maximum absolute atomic E-state index is 13.6. The van der Waals surface area contributed by atoms with Crippen LogP contribution in [-0.4, -0.2) is 44.9 Å². The molecule has 1 saturated heterocycles. The summed E-state index contributed by atoms with van der Waals surface area (Å²) in [6.07, 6.45) is 0. The molecular weight excluding hydrogens is 329 g/mol. The smallest absolute Gasteiger partial charge is 0.253 e. The number of halogens is 1. The second kappa shape index (κ2) is 6.41. The van der Waals surface area contributed by atoms with Gasteiger partial charge >= 0.3 is 0 Å². The van der Waals surface area contributed by atoms with Gasteiger partial charge in [0, 0.05) is 29.1 Å². The summed E-state index contributed by atoms with van der Waals surface area (Å²) in [7, 11) is 0. The van der Waals surface area contributed by atoms with Crippen molar-refractivity contribution in [1.29, 1.82) is 0 Å². The lowest BCUT2D eigenvalue weighted by atomic mass is 10.1. The van der Waals surface area contributed by atoms with Crippen molar-refractivity contribution in [1.82, 2.24) is 15.3 Å². The molecule has 1 aromatic heterocycles. The Kier molecular flexibility index (Phi) is 4.56. The van der Waals surface area contributed by atoms with Crippen LogP contribution in [0.1, 0.15) is 10.4 Å². The normalized spacial score (nSPS) is 18.8. The fourth-order valence-electron chi connectivity index (χ4n) is 2.24. The van der Waals surface area contributed by atoms with Crippen molar-refractivity contribution < 1.29 is 9.18 Å². The van der Waals surface area contributed by atoms with Gasteiger partial charge in [-0.05, 0) is 24.4 Å². The van der Waals surface area contributed by atoms with Crippen molar-refractivity contribution in [2.24, 2.45) is 0 Å². The van der Waals surface area contributed by atoms with E-state index >= 15 is 0 Å². The number of carbonyl (C=O) groups is 1. The van der Waals surface area contributed by atoms with Gasteiger partial charge in [0.05, 0.1) is 16.6 Å². The third-order valence-corrected chi connectivity index (χ3v) is 6.26. The van der Waals surface area contributed by atoms with Gasteiger partial charge in [0.25, 0.3) is 5.91 Å². The van der Waals surface area contributed by atoms with Gasteiger partial charge in [-0.3, -0.25) is 4.79 Å². The van der Waals surface area contributed by atoms with E-state index in [0.717, 1.165) is 11.5 Å². The number of carbonyl (C=O) groups excluding carboxylic acids is 1. The average Bonchev–Trinajstić information content (AvgIpc) is 2.85. The summed E-state index contributed by atoms with van der Waals surface area (Å²) >= 11 is 8.77. The number of rotatable bonds is 3. The van der Waals surface area contributed by atoms with Crippen LogP contribution in [0, 0.1) is 10.6 Å². The Morgan fingerprint density at radius 3 is 3.05 bits per heavy atom. The molecule has 1 amide bonds. The first-order chi connectivity index (χ1) is 10.1. The maximum atomic E-state index is 13.6. The summed E-state index contributed by atoms with van der Waals surface area (Å²) in [5.74, 6) is 2.58. The fourth-order valence-corrected chi connectivity index (χ4v) is 5.07. The molecule has 1 aliphatic heterocycles. The lowest BCUT2D eigenvalue weighted by molar-refractivity contribution is 0.0955. The molecule has 1 atom stereocenters. The average molecular weight is 343 g/mol. The van der Waals surface area contributed by atoms with Gasteiger partial charge < -0.3 is 15.3 Å². The number of hydrogen-bond donors (Lipinski definition) is 3. The molecule has 1 aliphatic rings. The van der Waals surface area contributed by atoms with Gasteiger partial charge in [-0.15, -0.1) is 0 Å². The van der Waals surface area contributed by atoms with Crippen LogP contribution in [0.5, 0.6) is 0 Å². The molecule has 21 heavy (non-hydrogen) atoms. The molecule has 3 rings (SSSR count). The van der Waals surface area contributed by atoms with E-state index in [1.54, 1.807) is 0 Å². The second-order valence-corrected chi connectivity index (χ2v) is 7.70. The predicted molar refractivity (Wildman–Crippen MR) is 89.3 cm³/mol. The van der Waals surface area contributed by atoms with Crippen LogP contribution in [0.25, 0.3) is 11.0 Å². The van der Waals surface area contributed by atoms with Crippen LogP contribution < -0.4 is 5.32 Å². The number of fused-ring (bicyclic) bond motifs is 1. The molecule has 4 nitrogen and oxygen atoms in total. The third-order valence-electron chi connectivity index (χ3n) is 3.21. The molecule has 0 unspecified atom stereocenters. The molecule has 0 saturated carbocycles. The van der Waals surface area contributed by atoms with E-state index in [9.17, 15) is 9.18 Å². The highest BCUT2D eigenvalue weighted by molar-refractivity contribution is 8.06. The summed E-state index contributed by atoms with van der Waals surface area (Å²) in [6, 6.07) is 2.56. The fraction of sp³-hybridized carbons (Fsp3) is 0.385. The number of amides is 1. The molecule has 112 valence electrons. The number of hydrogen-bond acceptors (Lipinski definition) is 4. The zero-order chi connectivity index (χ0) is 14.8. The highest BCUT2D eigenvalue weighted by atomic mass is 32.2. The molecule has 1 aromatic carbocycles. The van der Waals surface area contributed by atoms with E-state index < -0.39 is 5.82 Å². The topological polar surface area (TPSA) is 60.7 Å². The minimum Gasteiger partial charge on any atom is -0.351 e. The summed E-state index contributed by atoms with van der Waals surface area (Å²) in [6.45, 7) is 0.597. The number of thioether (sulfide) groups is 2. The molecule has 2 aromatic rings. The van der Waals surface area contributed by atoms with E-state index in [1.807, 2.05) is 23.5 Å². The van der Waals surface area contributed by atoms with E-state index in [0.29, 0.717) is 27.6 Å². The molecule has 3 N–H and O–H groups in total. The zero-order valence-electron chi connectivity index (χ0n) is 11.1. The number of benzene rings is 1. The van der Waals surface area contributed by atoms with Gasteiger partial charge in [0.15, 0.2) is 4.77 Å². The first-order valence-corrected chi connectivity index (χ1v) is 9.14. The Labute approximate surface area is 134 Å². The largest absolute Gasteiger partial charge is 0.351 e. The standard InChI is InChI=1S/C13H14FN3OS3/c14-7-3-9(11-10(4-7)16-13(19)17-11)12(18)15-5-8-6-20-1-2-21-8/h3-4,8H,1-2,5-6H2,(H,15,18)(H2,16,17,19)/t8-/m1/s1. The number of aromatic nitrogens is 2. The van der Waals surface area contributed by atoms with Gasteiger partial charge in [-0.25, -0.2) is 4.39 Å². The highest BCUT2D eigenvalue weighted by Crippen LogP contribution is 2.23. The zero-order valence-corrected chi connectivity index (χ0v) is 13.5. The van der Waals surface area contributed by atoms with Crippen molar-refractivity contribution in [2.75, 3.05) is 23.8 Å². The molecule has 8 heteroatoms. The first-order valence-electron chi connectivity index (χ1n) is 6.52. The Bertz CT molecular complexity index is 721. The minimum atomic E-state index is -0.458. The Morgan fingerprint density at radius 1 is 1.43 bits per heavy atom. The van der Waals surface area contributed by atoms with Crippen molar-refractivity contribution in [3.05, 3.63) is 28.3 Å². The van der Waals surface area contributed by atoms with Crippen LogP contribution in [-0.2, 0) is 0 Å². The summed E-state index contributed by atoms with van der Waals surface area (Å²) in [5, 5.41) is 3.31. The quantitative estimate of drug-likeness (QED) is 0.750. The van der Waals surface area contributed by atoms with Crippen LogP contribution in [0.15, 0.2) is 12.1 Å². The Morgan fingerprint density at radius 2 is 2.29 bits per heavy atom. The molecular formula is C13H14FN3OS3. The Balaban J connectivity index is 1.79. The van der Waals surface area contributed by atoms with Crippen LogP contribution in [0.4, 0.5) is 4.39 Å². The van der Waals surface area contributed by atoms with Gasteiger partial charge in [0.1, 0.15) is 5.82 Å². The van der Waals surface area contributed by atoms with Crippen molar-refractivity contribution in [2.45, 2.75) is 5.25 Å². The van der Waals surface area contributed by atoms with E-state index in [1.165, 1.54) is 17.9 Å². The summed E-state index contributed by atoms with van der Waals surface area (Å²) in [5.41, 5.74) is 1.34. The highest BCUT2D eigenvalue weighted by Gasteiger charge is 2.18. The van der Waals surface area contributed by atoms with Crippen molar-refractivity contribution in [3.8, 4) is 0 Å². The first kappa shape index (κ1) is 14.9. The number of nitrogens with one attached hydrogen (secondary N) is 3. The van der Waals surface area contributed by atoms with E-state index in [4.69, 9.17) is 12.2 Å². The Hall–Kier alpha value is -0.990. The van der Waals surface area contributed by atoms with Crippen LogP contribution in [0.3, 0.4) is 0 Å². The van der Waals surface area contributed by atoms with E-state index in [-0.39, 0.29) is 11.5 Å². The molecule has 0 radical (unpaired) electrons. The molecule has 0 spiro atoms. The van der Waals surface area contributed by atoms with E-state index in [2.05, 4.69) is 15.3 Å². The SMILES string of the molecule is O=C(NC[C@@H]1CSCCS1)c1cc(F)cc2[nH]c(=S)[nH]c12. The van der Waals surface area contributed by atoms with Gasteiger partial charge in [-0.2, -0.15) is 23.5 Å². The molecule has 0 bridgehead atoms. The van der Waals surface area contributed by atoms with Crippen molar-refractivity contribution >= 4 is 52.7 Å². The van der Waals surface area contributed by atoms with Gasteiger partial charge in [0.2, 0.25) is 0 Å². The van der Waals surface area contributed by atoms with Crippen molar-refractivity contribution in [3.63, 3.8) is 0 Å². The predicted octanol–water partition coefficient (Wildman–Crippen LogP) is 2.94. The maximum Gasteiger partial charge on any atom is 0.253 e. The molecule has 0 aliphatic carbocycles. The van der Waals surface area contributed by atoms with Crippen LogP contribution in [0.2, 0.25) is 0 Å².